The Kier molecular flexibility index (Phi) is 5.20. The van der Waals surface area contributed by atoms with E-state index in [0.717, 1.165) is 18.7 Å². The Morgan fingerprint density at radius 2 is 1.89 bits per heavy atom. The molecule has 0 aliphatic rings. The van der Waals surface area contributed by atoms with Gasteiger partial charge in [-0.2, -0.15) is 0 Å². The van der Waals surface area contributed by atoms with Crippen LogP contribution in [0.15, 0.2) is 18.2 Å². The predicted molar refractivity (Wildman–Crippen MR) is 78.5 cm³/mol. The number of aromatic hydroxyl groups is 2. The van der Waals surface area contributed by atoms with Crippen LogP contribution >= 0.6 is 0 Å². The summed E-state index contributed by atoms with van der Waals surface area (Å²) in [7, 11) is 4.13. The standard InChI is InChI=1S/C15H26N2O2/c1-11(13-7-6-12(18)8-14(13)19)16-9-15(2,3)10-17(4)5/h6-8,11,16,18-19H,9-10H2,1-5H3. The van der Waals surface area contributed by atoms with E-state index in [9.17, 15) is 10.2 Å². The summed E-state index contributed by atoms with van der Waals surface area (Å²) in [6, 6.07) is 4.76. The molecule has 3 N–H and O–H groups in total. The topological polar surface area (TPSA) is 55.7 Å². The molecule has 0 radical (unpaired) electrons. The number of nitrogens with zero attached hydrogens (tertiary/aromatic N) is 1. The molecule has 108 valence electrons. The van der Waals surface area contributed by atoms with E-state index < -0.39 is 0 Å². The number of phenols is 2. The Balaban J connectivity index is 2.62. The summed E-state index contributed by atoms with van der Waals surface area (Å²) in [6.07, 6.45) is 0. The number of phenolic OH excluding ortho intramolecular Hbond substituents is 2. The molecule has 0 bridgehead atoms. The van der Waals surface area contributed by atoms with Gasteiger partial charge in [-0.25, -0.2) is 0 Å². The molecule has 0 aliphatic carbocycles. The highest BCUT2D eigenvalue weighted by Crippen LogP contribution is 2.28. The molecule has 4 heteroatoms. The first-order valence-corrected chi connectivity index (χ1v) is 6.61. The second-order valence-corrected chi connectivity index (χ2v) is 6.25. The van der Waals surface area contributed by atoms with Crippen LogP contribution < -0.4 is 5.32 Å². The maximum atomic E-state index is 9.83. The van der Waals surface area contributed by atoms with Gasteiger partial charge in [-0.15, -0.1) is 0 Å². The Hall–Kier alpha value is -1.26. The fourth-order valence-corrected chi connectivity index (χ4v) is 2.35. The van der Waals surface area contributed by atoms with Crippen molar-refractivity contribution in [1.82, 2.24) is 10.2 Å². The highest BCUT2D eigenvalue weighted by atomic mass is 16.3. The number of rotatable bonds is 6. The van der Waals surface area contributed by atoms with Crippen LogP contribution in [0.4, 0.5) is 0 Å². The highest BCUT2D eigenvalue weighted by molar-refractivity contribution is 5.40. The van der Waals surface area contributed by atoms with Crippen molar-refractivity contribution in [3.63, 3.8) is 0 Å². The molecule has 0 amide bonds. The number of benzene rings is 1. The summed E-state index contributed by atoms with van der Waals surface area (Å²) in [4.78, 5) is 2.17. The normalized spacial score (nSPS) is 13.8. The van der Waals surface area contributed by atoms with Crippen LogP contribution in [0.1, 0.15) is 32.4 Å². The molecule has 0 heterocycles. The molecule has 19 heavy (non-hydrogen) atoms. The lowest BCUT2D eigenvalue weighted by atomic mass is 9.92. The van der Waals surface area contributed by atoms with E-state index in [4.69, 9.17) is 0 Å². The smallest absolute Gasteiger partial charge is 0.124 e. The third-order valence-corrected chi connectivity index (χ3v) is 3.11. The third kappa shape index (κ3) is 5.09. The number of nitrogens with one attached hydrogen (secondary N) is 1. The minimum atomic E-state index is 0.0436. The molecule has 1 rings (SSSR count). The Bertz CT molecular complexity index is 417. The van der Waals surface area contributed by atoms with E-state index in [1.54, 1.807) is 12.1 Å². The van der Waals surface area contributed by atoms with E-state index in [2.05, 4.69) is 38.2 Å². The van der Waals surface area contributed by atoms with Crippen molar-refractivity contribution in [3.05, 3.63) is 23.8 Å². The van der Waals surface area contributed by atoms with Gasteiger partial charge in [-0.05, 0) is 32.5 Å². The second-order valence-electron chi connectivity index (χ2n) is 6.25. The van der Waals surface area contributed by atoms with E-state index in [-0.39, 0.29) is 23.0 Å². The summed E-state index contributed by atoms with van der Waals surface area (Å²) >= 11 is 0. The zero-order valence-electron chi connectivity index (χ0n) is 12.6. The highest BCUT2D eigenvalue weighted by Gasteiger charge is 2.20. The van der Waals surface area contributed by atoms with Gasteiger partial charge in [0, 0.05) is 30.8 Å². The first-order chi connectivity index (χ1) is 8.71. The molecule has 0 saturated carbocycles. The maximum absolute atomic E-state index is 9.83. The first-order valence-electron chi connectivity index (χ1n) is 6.61. The summed E-state index contributed by atoms with van der Waals surface area (Å²) in [5.74, 6) is 0.215. The minimum Gasteiger partial charge on any atom is -0.508 e. The molecule has 1 atom stereocenters. The Labute approximate surface area is 116 Å². The molecule has 0 aromatic heterocycles. The lowest BCUT2D eigenvalue weighted by Gasteiger charge is -2.30. The van der Waals surface area contributed by atoms with Crippen molar-refractivity contribution in [3.8, 4) is 11.5 Å². The van der Waals surface area contributed by atoms with Gasteiger partial charge in [-0.3, -0.25) is 0 Å². The SMILES string of the molecule is CC(NCC(C)(C)CN(C)C)c1ccc(O)cc1O. The van der Waals surface area contributed by atoms with Crippen LogP contribution in [0, 0.1) is 5.41 Å². The molecule has 0 aliphatic heterocycles. The molecule has 4 nitrogen and oxygen atoms in total. The van der Waals surface area contributed by atoms with Crippen LogP contribution in [0.5, 0.6) is 11.5 Å². The molecular weight excluding hydrogens is 240 g/mol. The Morgan fingerprint density at radius 3 is 2.42 bits per heavy atom. The first kappa shape index (κ1) is 15.8. The largest absolute Gasteiger partial charge is 0.508 e. The fraction of sp³-hybridized carbons (Fsp3) is 0.600. The third-order valence-electron chi connectivity index (χ3n) is 3.11. The average molecular weight is 266 g/mol. The lowest BCUT2D eigenvalue weighted by Crippen LogP contribution is -2.38. The molecule has 1 aromatic rings. The zero-order valence-corrected chi connectivity index (χ0v) is 12.6. The van der Waals surface area contributed by atoms with Crippen molar-refractivity contribution in [2.24, 2.45) is 5.41 Å². The summed E-state index contributed by atoms with van der Waals surface area (Å²) in [5, 5.41) is 22.6. The molecule has 0 saturated heterocycles. The van der Waals surface area contributed by atoms with Crippen LogP contribution in [0.25, 0.3) is 0 Å². The second kappa shape index (κ2) is 6.26. The van der Waals surface area contributed by atoms with Gasteiger partial charge < -0.3 is 20.4 Å². The van der Waals surface area contributed by atoms with E-state index in [0.29, 0.717) is 0 Å². The van der Waals surface area contributed by atoms with Gasteiger partial charge in [0.2, 0.25) is 0 Å². The van der Waals surface area contributed by atoms with Gasteiger partial charge in [0.15, 0.2) is 0 Å². The number of hydrogen-bond acceptors (Lipinski definition) is 4. The Morgan fingerprint density at radius 1 is 1.26 bits per heavy atom. The van der Waals surface area contributed by atoms with E-state index in [1.807, 2.05) is 6.92 Å². The van der Waals surface area contributed by atoms with Gasteiger partial charge >= 0.3 is 0 Å². The van der Waals surface area contributed by atoms with E-state index >= 15 is 0 Å². The van der Waals surface area contributed by atoms with Crippen molar-refractivity contribution in [1.29, 1.82) is 0 Å². The molecule has 0 fully saturated rings. The fourth-order valence-electron chi connectivity index (χ4n) is 2.35. The summed E-state index contributed by atoms with van der Waals surface area (Å²) in [6.45, 7) is 8.28. The molecule has 1 unspecified atom stereocenters. The lowest BCUT2D eigenvalue weighted by molar-refractivity contribution is 0.226. The van der Waals surface area contributed by atoms with Gasteiger partial charge in [-0.1, -0.05) is 19.9 Å². The monoisotopic (exact) mass is 266 g/mol. The zero-order chi connectivity index (χ0) is 14.6. The maximum Gasteiger partial charge on any atom is 0.124 e. The van der Waals surface area contributed by atoms with E-state index in [1.165, 1.54) is 6.07 Å². The summed E-state index contributed by atoms with van der Waals surface area (Å²) in [5.41, 5.74) is 0.961. The molecule has 1 aromatic carbocycles. The predicted octanol–water partition coefficient (Wildman–Crippen LogP) is 2.34. The van der Waals surface area contributed by atoms with Gasteiger partial charge in [0.25, 0.3) is 0 Å². The van der Waals surface area contributed by atoms with Crippen LogP contribution in [0.3, 0.4) is 0 Å². The van der Waals surface area contributed by atoms with Crippen LogP contribution in [-0.2, 0) is 0 Å². The van der Waals surface area contributed by atoms with Gasteiger partial charge in [0.05, 0.1) is 0 Å². The number of hydrogen-bond donors (Lipinski definition) is 3. The van der Waals surface area contributed by atoms with Gasteiger partial charge in [0.1, 0.15) is 11.5 Å². The van der Waals surface area contributed by atoms with Crippen LogP contribution in [-0.4, -0.2) is 42.3 Å². The molecular formula is C15H26N2O2. The summed E-state index contributed by atoms with van der Waals surface area (Å²) < 4.78 is 0. The van der Waals surface area contributed by atoms with Crippen molar-refractivity contribution in [2.75, 3.05) is 27.2 Å². The minimum absolute atomic E-state index is 0.0436. The van der Waals surface area contributed by atoms with Crippen molar-refractivity contribution >= 4 is 0 Å². The molecule has 0 spiro atoms. The average Bonchev–Trinajstić information content (AvgIpc) is 2.24. The van der Waals surface area contributed by atoms with Crippen molar-refractivity contribution < 1.29 is 10.2 Å². The van der Waals surface area contributed by atoms with Crippen LogP contribution in [0.2, 0.25) is 0 Å². The quantitative estimate of drug-likeness (QED) is 0.740. The van der Waals surface area contributed by atoms with Crippen molar-refractivity contribution in [2.45, 2.75) is 26.8 Å².